The Labute approximate surface area is 150 Å². The highest BCUT2D eigenvalue weighted by Crippen LogP contribution is 2.22. The third kappa shape index (κ3) is 5.93. The Morgan fingerprint density at radius 3 is 2.56 bits per heavy atom. The van der Waals surface area contributed by atoms with Crippen LogP contribution in [0.15, 0.2) is 12.1 Å². The van der Waals surface area contributed by atoms with Crippen molar-refractivity contribution < 1.29 is 27.5 Å². The molecule has 2 heterocycles. The first-order chi connectivity index (χ1) is 11.6. The SMILES string of the molecule is Cc1ccc(C(=O)CCC(=O)OCC(=O)N[C@]2(C)CCS(=O)(=O)C2)s1. The molecule has 0 bridgehead atoms. The minimum atomic E-state index is -3.13. The number of amides is 1. The van der Waals surface area contributed by atoms with Crippen LogP contribution in [0.25, 0.3) is 0 Å². The summed E-state index contributed by atoms with van der Waals surface area (Å²) in [4.78, 5) is 37.0. The highest BCUT2D eigenvalue weighted by molar-refractivity contribution is 7.91. The fourth-order valence-electron chi connectivity index (χ4n) is 2.62. The number of nitrogens with one attached hydrogen (secondary N) is 1. The predicted molar refractivity (Wildman–Crippen MR) is 93.4 cm³/mol. The van der Waals surface area contributed by atoms with Gasteiger partial charge in [0.15, 0.2) is 22.2 Å². The topological polar surface area (TPSA) is 107 Å². The summed E-state index contributed by atoms with van der Waals surface area (Å²) in [5, 5.41) is 2.60. The van der Waals surface area contributed by atoms with Crippen LogP contribution in [0, 0.1) is 6.92 Å². The van der Waals surface area contributed by atoms with E-state index in [0.29, 0.717) is 11.3 Å². The van der Waals surface area contributed by atoms with Crippen LogP contribution >= 0.6 is 11.3 Å². The fourth-order valence-corrected chi connectivity index (χ4v) is 5.55. The molecule has 0 unspecified atom stereocenters. The number of esters is 1. The van der Waals surface area contributed by atoms with E-state index in [2.05, 4.69) is 5.32 Å². The average molecular weight is 387 g/mol. The number of ether oxygens (including phenoxy) is 1. The van der Waals surface area contributed by atoms with Gasteiger partial charge in [0.2, 0.25) is 0 Å². The number of carbonyl (C=O) groups excluding carboxylic acids is 3. The summed E-state index contributed by atoms with van der Waals surface area (Å²) in [6, 6.07) is 3.56. The lowest BCUT2D eigenvalue weighted by atomic mass is 10.0. The molecule has 0 saturated carbocycles. The van der Waals surface area contributed by atoms with Crippen molar-refractivity contribution in [3.05, 3.63) is 21.9 Å². The average Bonchev–Trinajstić information content (AvgIpc) is 3.05. The standard InChI is InChI=1S/C16H21NO6S2/c1-11-3-5-13(24-11)12(18)4-6-15(20)23-9-14(19)17-16(2)7-8-25(21,22)10-16/h3,5H,4,6-10H2,1-2H3,(H,17,19)/t16-/m1/s1. The Morgan fingerprint density at radius 2 is 2.00 bits per heavy atom. The molecule has 1 aromatic heterocycles. The van der Waals surface area contributed by atoms with E-state index in [4.69, 9.17) is 4.74 Å². The molecule has 1 amide bonds. The van der Waals surface area contributed by atoms with Gasteiger partial charge in [-0.05, 0) is 32.4 Å². The minimum Gasteiger partial charge on any atom is -0.456 e. The van der Waals surface area contributed by atoms with Crippen molar-refractivity contribution in [1.29, 1.82) is 0 Å². The third-order valence-corrected chi connectivity index (χ3v) is 6.82. The zero-order valence-corrected chi connectivity index (χ0v) is 15.8. The zero-order valence-electron chi connectivity index (χ0n) is 14.2. The Bertz CT molecular complexity index is 782. The first-order valence-electron chi connectivity index (χ1n) is 7.85. The van der Waals surface area contributed by atoms with Crippen molar-refractivity contribution >= 4 is 38.8 Å². The summed E-state index contributed by atoms with van der Waals surface area (Å²) in [7, 11) is -3.13. The summed E-state index contributed by atoms with van der Waals surface area (Å²) in [6.07, 6.45) is 0.259. The predicted octanol–water partition coefficient (Wildman–Crippen LogP) is 1.26. The van der Waals surface area contributed by atoms with Crippen molar-refractivity contribution in [1.82, 2.24) is 5.32 Å². The number of ketones is 1. The minimum absolute atomic E-state index is 0.0242. The summed E-state index contributed by atoms with van der Waals surface area (Å²) < 4.78 is 27.8. The number of hydrogen-bond donors (Lipinski definition) is 1. The number of thiophene rings is 1. The lowest BCUT2D eigenvalue weighted by Gasteiger charge is -2.23. The number of carbonyl (C=O) groups is 3. The maximum atomic E-state index is 11.9. The number of rotatable bonds is 7. The molecule has 1 fully saturated rings. The van der Waals surface area contributed by atoms with E-state index >= 15 is 0 Å². The van der Waals surface area contributed by atoms with E-state index in [-0.39, 0.29) is 30.1 Å². The maximum Gasteiger partial charge on any atom is 0.306 e. The van der Waals surface area contributed by atoms with E-state index in [9.17, 15) is 22.8 Å². The molecule has 7 nitrogen and oxygen atoms in total. The van der Waals surface area contributed by atoms with Crippen molar-refractivity contribution in [2.45, 2.75) is 38.6 Å². The highest BCUT2D eigenvalue weighted by atomic mass is 32.2. The Morgan fingerprint density at radius 1 is 1.28 bits per heavy atom. The molecule has 9 heteroatoms. The van der Waals surface area contributed by atoms with E-state index in [1.54, 1.807) is 13.0 Å². The summed E-state index contributed by atoms with van der Waals surface area (Å²) in [5.41, 5.74) is -0.824. The van der Waals surface area contributed by atoms with Crippen LogP contribution in [-0.2, 0) is 24.2 Å². The molecule has 1 N–H and O–H groups in total. The van der Waals surface area contributed by atoms with Gasteiger partial charge in [0.25, 0.3) is 5.91 Å². The van der Waals surface area contributed by atoms with Crippen molar-refractivity contribution in [2.24, 2.45) is 0 Å². The second kappa shape index (κ2) is 7.65. The zero-order chi connectivity index (χ0) is 18.7. The summed E-state index contributed by atoms with van der Waals surface area (Å²) in [6.45, 7) is 3.06. The van der Waals surface area contributed by atoms with Gasteiger partial charge in [0, 0.05) is 11.3 Å². The second-order valence-corrected chi connectivity index (χ2v) is 9.92. The van der Waals surface area contributed by atoms with Gasteiger partial charge in [0.1, 0.15) is 0 Å². The van der Waals surface area contributed by atoms with Crippen LogP contribution in [0.3, 0.4) is 0 Å². The number of aryl methyl sites for hydroxylation is 1. The monoisotopic (exact) mass is 387 g/mol. The van der Waals surface area contributed by atoms with Crippen LogP contribution in [0.5, 0.6) is 0 Å². The summed E-state index contributed by atoms with van der Waals surface area (Å²) >= 11 is 1.37. The third-order valence-electron chi connectivity index (χ3n) is 3.88. The fraction of sp³-hybridized carbons (Fsp3) is 0.562. The molecule has 0 radical (unpaired) electrons. The quantitative estimate of drug-likeness (QED) is 0.557. The Hall–Kier alpha value is -1.74. The van der Waals surface area contributed by atoms with Gasteiger partial charge in [-0.1, -0.05) is 0 Å². The van der Waals surface area contributed by atoms with E-state index in [0.717, 1.165) is 4.88 Å². The molecule has 25 heavy (non-hydrogen) atoms. The molecule has 2 rings (SSSR count). The molecule has 0 spiro atoms. The molecule has 138 valence electrons. The van der Waals surface area contributed by atoms with Crippen LogP contribution in [0.2, 0.25) is 0 Å². The molecule has 0 aromatic carbocycles. The van der Waals surface area contributed by atoms with Crippen LogP contribution in [0.1, 0.15) is 40.7 Å². The maximum absolute atomic E-state index is 11.9. The van der Waals surface area contributed by atoms with E-state index in [1.165, 1.54) is 11.3 Å². The van der Waals surface area contributed by atoms with Crippen molar-refractivity contribution in [3.63, 3.8) is 0 Å². The molecule has 0 aliphatic carbocycles. The van der Waals surface area contributed by atoms with Crippen LogP contribution in [0.4, 0.5) is 0 Å². The number of sulfone groups is 1. The first kappa shape index (κ1) is 19.6. The Kier molecular flexibility index (Phi) is 5.99. The van der Waals surface area contributed by atoms with Crippen molar-refractivity contribution in [3.8, 4) is 0 Å². The summed E-state index contributed by atoms with van der Waals surface area (Å²) in [5.74, 6) is -1.40. The lowest BCUT2D eigenvalue weighted by Crippen LogP contribution is -2.48. The van der Waals surface area contributed by atoms with Gasteiger partial charge < -0.3 is 10.1 Å². The molecule has 1 aliphatic heterocycles. The van der Waals surface area contributed by atoms with Gasteiger partial charge in [0.05, 0.1) is 28.3 Å². The molecular formula is C16H21NO6S2. The molecule has 1 aliphatic rings. The van der Waals surface area contributed by atoms with Crippen molar-refractivity contribution in [2.75, 3.05) is 18.1 Å². The Balaban J connectivity index is 1.71. The molecule has 1 aromatic rings. The molecule has 1 atom stereocenters. The number of hydrogen-bond acceptors (Lipinski definition) is 7. The largest absolute Gasteiger partial charge is 0.456 e. The first-order valence-corrected chi connectivity index (χ1v) is 10.5. The van der Waals surface area contributed by atoms with E-state index < -0.39 is 33.9 Å². The smallest absolute Gasteiger partial charge is 0.306 e. The molecule has 1 saturated heterocycles. The highest BCUT2D eigenvalue weighted by Gasteiger charge is 2.39. The lowest BCUT2D eigenvalue weighted by molar-refractivity contribution is -0.148. The van der Waals surface area contributed by atoms with Gasteiger partial charge >= 0.3 is 5.97 Å². The van der Waals surface area contributed by atoms with Gasteiger partial charge in [-0.2, -0.15) is 0 Å². The van der Waals surface area contributed by atoms with Gasteiger partial charge in [-0.15, -0.1) is 11.3 Å². The number of Topliss-reactive ketones (excluding diaryl/α,β-unsaturated/α-hetero) is 1. The molecular weight excluding hydrogens is 366 g/mol. The van der Waals surface area contributed by atoms with Gasteiger partial charge in [-0.25, -0.2) is 8.42 Å². The van der Waals surface area contributed by atoms with Crippen LogP contribution in [-0.4, -0.2) is 49.7 Å². The van der Waals surface area contributed by atoms with Crippen LogP contribution < -0.4 is 5.32 Å². The second-order valence-electron chi connectivity index (χ2n) is 6.45. The van der Waals surface area contributed by atoms with Gasteiger partial charge in [-0.3, -0.25) is 14.4 Å². The normalized spacial score (nSPS) is 21.7. The van der Waals surface area contributed by atoms with E-state index in [1.807, 2.05) is 13.0 Å².